The summed E-state index contributed by atoms with van der Waals surface area (Å²) in [6.07, 6.45) is 1.77. The van der Waals surface area contributed by atoms with Crippen LogP contribution >= 0.6 is 11.6 Å². The summed E-state index contributed by atoms with van der Waals surface area (Å²) < 4.78 is 0. The molecule has 0 saturated carbocycles. The molecule has 0 N–H and O–H groups in total. The van der Waals surface area contributed by atoms with Gasteiger partial charge in [-0.25, -0.2) is 4.98 Å². The van der Waals surface area contributed by atoms with Gasteiger partial charge in [0.15, 0.2) is 0 Å². The molecule has 0 fully saturated rings. The van der Waals surface area contributed by atoms with E-state index in [4.69, 9.17) is 11.6 Å². The van der Waals surface area contributed by atoms with Gasteiger partial charge in [-0.05, 0) is 39.3 Å². The van der Waals surface area contributed by atoms with Gasteiger partial charge in [0.2, 0.25) is 0 Å². The molecule has 19 heavy (non-hydrogen) atoms. The lowest BCUT2D eigenvalue weighted by Gasteiger charge is -2.20. The Labute approximate surface area is 118 Å². The number of fused-ring (bicyclic) bond motifs is 3. The third kappa shape index (κ3) is 2.08. The zero-order valence-electron chi connectivity index (χ0n) is 11.4. The van der Waals surface area contributed by atoms with E-state index in [1.54, 1.807) is 6.20 Å². The van der Waals surface area contributed by atoms with Crippen LogP contribution < -0.4 is 0 Å². The van der Waals surface area contributed by atoms with Crippen molar-refractivity contribution in [3.63, 3.8) is 0 Å². The van der Waals surface area contributed by atoms with Crippen LogP contribution in [0.4, 0.5) is 0 Å². The number of benzene rings is 2. The van der Waals surface area contributed by atoms with Crippen molar-refractivity contribution in [3.05, 3.63) is 53.3 Å². The molecule has 1 aromatic heterocycles. The molecule has 2 aromatic carbocycles. The number of aromatic nitrogens is 1. The Hall–Kier alpha value is -1.60. The number of pyridine rings is 1. The first-order valence-electron chi connectivity index (χ1n) is 6.44. The monoisotopic (exact) mass is 269 g/mol. The summed E-state index contributed by atoms with van der Waals surface area (Å²) in [5.41, 5.74) is 1.48. The van der Waals surface area contributed by atoms with Gasteiger partial charge < -0.3 is 0 Å². The molecule has 0 atom stereocenters. The van der Waals surface area contributed by atoms with Crippen LogP contribution in [0.1, 0.15) is 26.3 Å². The Morgan fingerprint density at radius 2 is 1.63 bits per heavy atom. The Kier molecular flexibility index (Phi) is 2.75. The van der Waals surface area contributed by atoms with Crippen LogP contribution in [-0.4, -0.2) is 4.98 Å². The summed E-state index contributed by atoms with van der Waals surface area (Å²) in [7, 11) is 0. The van der Waals surface area contributed by atoms with Crippen molar-refractivity contribution in [3.8, 4) is 0 Å². The van der Waals surface area contributed by atoms with Gasteiger partial charge >= 0.3 is 0 Å². The highest BCUT2D eigenvalue weighted by Crippen LogP contribution is 2.32. The van der Waals surface area contributed by atoms with Crippen LogP contribution in [0.25, 0.3) is 21.5 Å². The molecule has 0 unspecified atom stereocenters. The zero-order chi connectivity index (χ0) is 13.6. The van der Waals surface area contributed by atoms with Crippen molar-refractivity contribution in [1.82, 2.24) is 4.98 Å². The molecule has 1 heterocycles. The van der Waals surface area contributed by atoms with Gasteiger partial charge in [0.25, 0.3) is 0 Å². The lowest BCUT2D eigenvalue weighted by molar-refractivity contribution is 0.591. The standard InChI is InChI=1S/C17H16ClN/c1-17(2,3)12-6-4-11-5-7-14-13(15(11)10-12)8-9-19-16(14)18/h4-10H,1-3H3. The van der Waals surface area contributed by atoms with Crippen molar-refractivity contribution in [2.24, 2.45) is 0 Å². The third-order valence-electron chi connectivity index (χ3n) is 3.58. The highest BCUT2D eigenvalue weighted by atomic mass is 35.5. The molecule has 0 aliphatic rings. The molecule has 0 aliphatic heterocycles. The van der Waals surface area contributed by atoms with E-state index in [0.717, 1.165) is 5.39 Å². The van der Waals surface area contributed by atoms with E-state index in [-0.39, 0.29) is 5.41 Å². The van der Waals surface area contributed by atoms with Gasteiger partial charge in [-0.1, -0.05) is 56.6 Å². The largest absolute Gasteiger partial charge is 0.244 e. The first-order valence-corrected chi connectivity index (χ1v) is 6.82. The number of nitrogens with zero attached hydrogens (tertiary/aromatic N) is 1. The molecule has 0 radical (unpaired) electrons. The molecule has 2 heteroatoms. The number of rotatable bonds is 0. The van der Waals surface area contributed by atoms with Crippen molar-refractivity contribution in [2.45, 2.75) is 26.2 Å². The summed E-state index contributed by atoms with van der Waals surface area (Å²) in [6, 6.07) is 12.9. The number of hydrogen-bond acceptors (Lipinski definition) is 1. The highest BCUT2D eigenvalue weighted by molar-refractivity contribution is 6.35. The number of hydrogen-bond donors (Lipinski definition) is 0. The predicted octanol–water partition coefficient (Wildman–Crippen LogP) is 5.34. The van der Waals surface area contributed by atoms with Crippen molar-refractivity contribution in [1.29, 1.82) is 0 Å². The van der Waals surface area contributed by atoms with E-state index in [1.807, 2.05) is 12.1 Å². The zero-order valence-corrected chi connectivity index (χ0v) is 12.1. The smallest absolute Gasteiger partial charge is 0.136 e. The Morgan fingerprint density at radius 1 is 0.895 bits per heavy atom. The van der Waals surface area contributed by atoms with E-state index in [1.165, 1.54) is 21.7 Å². The van der Waals surface area contributed by atoms with E-state index >= 15 is 0 Å². The fraction of sp³-hybridized carbons (Fsp3) is 0.235. The second kappa shape index (κ2) is 4.21. The Bertz CT molecular complexity index is 769. The summed E-state index contributed by atoms with van der Waals surface area (Å²) in [5, 5.41) is 5.24. The van der Waals surface area contributed by atoms with Gasteiger partial charge in [-0.3, -0.25) is 0 Å². The maximum Gasteiger partial charge on any atom is 0.136 e. The molecule has 0 amide bonds. The average molecular weight is 270 g/mol. The molecule has 1 nitrogen and oxygen atoms in total. The van der Waals surface area contributed by atoms with Crippen LogP contribution in [-0.2, 0) is 5.41 Å². The van der Waals surface area contributed by atoms with Crippen LogP contribution in [0.15, 0.2) is 42.6 Å². The maximum absolute atomic E-state index is 6.18. The minimum atomic E-state index is 0.146. The van der Waals surface area contributed by atoms with Gasteiger partial charge in [-0.15, -0.1) is 0 Å². The van der Waals surface area contributed by atoms with Crippen LogP contribution in [0, 0.1) is 0 Å². The maximum atomic E-state index is 6.18. The SMILES string of the molecule is CC(C)(C)c1ccc2ccc3c(Cl)nccc3c2c1. The molecule has 3 rings (SSSR count). The summed E-state index contributed by atoms with van der Waals surface area (Å²) in [6.45, 7) is 6.69. The van der Waals surface area contributed by atoms with Crippen molar-refractivity contribution >= 4 is 33.1 Å². The molecule has 0 aliphatic carbocycles. The second-order valence-electron chi connectivity index (χ2n) is 5.95. The minimum Gasteiger partial charge on any atom is -0.244 e. The fourth-order valence-electron chi connectivity index (χ4n) is 2.42. The lowest BCUT2D eigenvalue weighted by atomic mass is 9.85. The first kappa shape index (κ1) is 12.4. The molecular formula is C17H16ClN. The quantitative estimate of drug-likeness (QED) is 0.397. The Balaban J connectivity index is 2.43. The predicted molar refractivity (Wildman–Crippen MR) is 83.0 cm³/mol. The van der Waals surface area contributed by atoms with E-state index in [9.17, 15) is 0 Å². The molecule has 0 bridgehead atoms. The van der Waals surface area contributed by atoms with Gasteiger partial charge in [0.05, 0.1) is 0 Å². The summed E-state index contributed by atoms with van der Waals surface area (Å²) >= 11 is 6.18. The van der Waals surface area contributed by atoms with Gasteiger partial charge in [-0.2, -0.15) is 0 Å². The van der Waals surface area contributed by atoms with E-state index in [2.05, 4.69) is 50.0 Å². The molecule has 0 saturated heterocycles. The van der Waals surface area contributed by atoms with Crippen LogP contribution in [0.3, 0.4) is 0 Å². The molecule has 96 valence electrons. The minimum absolute atomic E-state index is 0.146. The van der Waals surface area contributed by atoms with Gasteiger partial charge in [0, 0.05) is 11.6 Å². The van der Waals surface area contributed by atoms with E-state index in [0.29, 0.717) is 5.15 Å². The van der Waals surface area contributed by atoms with E-state index < -0.39 is 0 Å². The molecule has 0 spiro atoms. The molecular weight excluding hydrogens is 254 g/mol. The summed E-state index contributed by atoms with van der Waals surface area (Å²) in [4.78, 5) is 4.15. The molecule has 3 aromatic rings. The van der Waals surface area contributed by atoms with Gasteiger partial charge in [0.1, 0.15) is 5.15 Å². The van der Waals surface area contributed by atoms with Crippen molar-refractivity contribution < 1.29 is 0 Å². The fourth-order valence-corrected chi connectivity index (χ4v) is 2.64. The average Bonchev–Trinajstić information content (AvgIpc) is 2.37. The first-order chi connectivity index (χ1) is 8.97. The summed E-state index contributed by atoms with van der Waals surface area (Å²) in [5.74, 6) is 0. The van der Waals surface area contributed by atoms with Crippen LogP contribution in [0.2, 0.25) is 5.15 Å². The topological polar surface area (TPSA) is 12.9 Å². The normalized spacial score (nSPS) is 12.2. The highest BCUT2D eigenvalue weighted by Gasteiger charge is 2.14. The van der Waals surface area contributed by atoms with Crippen molar-refractivity contribution in [2.75, 3.05) is 0 Å². The lowest BCUT2D eigenvalue weighted by Crippen LogP contribution is -2.10. The third-order valence-corrected chi connectivity index (χ3v) is 3.88. The second-order valence-corrected chi connectivity index (χ2v) is 6.31. The van der Waals surface area contributed by atoms with Crippen LogP contribution in [0.5, 0.6) is 0 Å². The Morgan fingerprint density at radius 3 is 2.37 bits per heavy atom. The number of halogens is 1.